The van der Waals surface area contributed by atoms with Crippen molar-refractivity contribution in [1.82, 2.24) is 15.5 Å². The molecule has 0 heterocycles. The van der Waals surface area contributed by atoms with Gasteiger partial charge in [0.05, 0.1) is 0 Å². The van der Waals surface area contributed by atoms with Crippen molar-refractivity contribution in [2.45, 2.75) is 38.6 Å². The van der Waals surface area contributed by atoms with Gasteiger partial charge in [0.2, 0.25) is 0 Å². The molecule has 0 saturated carbocycles. The Bertz CT molecular complexity index is 484. The van der Waals surface area contributed by atoms with Gasteiger partial charge in [-0.15, -0.1) is 11.8 Å². The van der Waals surface area contributed by atoms with E-state index in [-0.39, 0.29) is 0 Å². The summed E-state index contributed by atoms with van der Waals surface area (Å²) in [5.74, 6) is 0.872. The van der Waals surface area contributed by atoms with Crippen LogP contribution in [-0.4, -0.2) is 50.3 Å². The van der Waals surface area contributed by atoms with Gasteiger partial charge in [0.25, 0.3) is 0 Å². The number of rotatable bonds is 9. The van der Waals surface area contributed by atoms with Gasteiger partial charge in [-0.3, -0.25) is 4.99 Å². The van der Waals surface area contributed by atoms with Crippen molar-refractivity contribution in [3.63, 3.8) is 0 Å². The molecule has 0 aliphatic carbocycles. The van der Waals surface area contributed by atoms with Crippen molar-refractivity contribution in [2.24, 2.45) is 4.99 Å². The van der Waals surface area contributed by atoms with Crippen molar-refractivity contribution < 1.29 is 0 Å². The lowest BCUT2D eigenvalue weighted by atomic mass is 10.1. The molecule has 23 heavy (non-hydrogen) atoms. The van der Waals surface area contributed by atoms with Crippen molar-refractivity contribution in [3.05, 3.63) is 29.3 Å². The monoisotopic (exact) mass is 336 g/mol. The van der Waals surface area contributed by atoms with Crippen LogP contribution in [0.3, 0.4) is 0 Å². The van der Waals surface area contributed by atoms with Gasteiger partial charge in [0.15, 0.2) is 5.96 Å². The zero-order chi connectivity index (χ0) is 17.1. The quantitative estimate of drug-likeness (QED) is 0.315. The minimum atomic E-state index is 0.798. The van der Waals surface area contributed by atoms with E-state index in [4.69, 9.17) is 0 Å². The SMILES string of the molecule is CCN(CC)CCCNC(=NC)NCc1ccc(C)cc1SC. The molecule has 0 amide bonds. The molecule has 1 aromatic rings. The second kappa shape index (κ2) is 11.4. The fraction of sp³-hybridized carbons (Fsp3) is 0.611. The van der Waals surface area contributed by atoms with E-state index in [1.165, 1.54) is 16.0 Å². The van der Waals surface area contributed by atoms with Gasteiger partial charge in [-0.25, -0.2) is 0 Å². The maximum absolute atomic E-state index is 4.31. The van der Waals surface area contributed by atoms with Crippen LogP contribution >= 0.6 is 11.8 Å². The van der Waals surface area contributed by atoms with E-state index in [1.54, 1.807) is 11.8 Å². The highest BCUT2D eigenvalue weighted by Crippen LogP contribution is 2.21. The number of aliphatic imine (C=N–C) groups is 1. The van der Waals surface area contributed by atoms with E-state index in [2.05, 4.69) is 65.8 Å². The number of thioether (sulfide) groups is 1. The Morgan fingerprint density at radius 2 is 1.96 bits per heavy atom. The number of nitrogens with one attached hydrogen (secondary N) is 2. The van der Waals surface area contributed by atoms with Gasteiger partial charge >= 0.3 is 0 Å². The molecule has 5 heteroatoms. The molecule has 0 saturated heterocycles. The van der Waals surface area contributed by atoms with Crippen LogP contribution in [0.5, 0.6) is 0 Å². The molecule has 1 rings (SSSR count). The molecule has 0 radical (unpaired) electrons. The standard InChI is InChI=1S/C18H32N4S/c1-6-22(7-2)12-8-11-20-18(19-4)21-14-16-10-9-15(3)13-17(16)23-5/h9-10,13H,6-8,11-12,14H2,1-5H3,(H2,19,20,21). The zero-order valence-corrected chi connectivity index (χ0v) is 16.1. The average molecular weight is 337 g/mol. The van der Waals surface area contributed by atoms with E-state index in [0.29, 0.717) is 0 Å². The Morgan fingerprint density at radius 3 is 2.57 bits per heavy atom. The van der Waals surface area contributed by atoms with Crippen molar-refractivity contribution in [3.8, 4) is 0 Å². The summed E-state index contributed by atoms with van der Waals surface area (Å²) in [5, 5.41) is 6.81. The van der Waals surface area contributed by atoms with Gasteiger partial charge in [-0.1, -0.05) is 26.0 Å². The summed E-state index contributed by atoms with van der Waals surface area (Å²) in [7, 11) is 1.82. The van der Waals surface area contributed by atoms with E-state index in [0.717, 1.165) is 45.1 Å². The number of benzene rings is 1. The molecular formula is C18H32N4S. The molecule has 0 spiro atoms. The number of nitrogens with zero attached hydrogens (tertiary/aromatic N) is 2. The Morgan fingerprint density at radius 1 is 1.22 bits per heavy atom. The van der Waals surface area contributed by atoms with Gasteiger partial charge in [0.1, 0.15) is 0 Å². The van der Waals surface area contributed by atoms with Gasteiger partial charge in [-0.05, 0) is 56.4 Å². The Kier molecular flexibility index (Phi) is 9.80. The van der Waals surface area contributed by atoms with Crippen LogP contribution in [0, 0.1) is 6.92 Å². The first-order chi connectivity index (χ1) is 11.1. The molecule has 0 aromatic heterocycles. The van der Waals surface area contributed by atoms with Crippen LogP contribution < -0.4 is 10.6 Å². The topological polar surface area (TPSA) is 39.7 Å². The number of guanidine groups is 1. The summed E-state index contributed by atoms with van der Waals surface area (Å²) < 4.78 is 0. The molecular weight excluding hydrogens is 304 g/mol. The van der Waals surface area contributed by atoms with Crippen LogP contribution in [0.15, 0.2) is 28.1 Å². The van der Waals surface area contributed by atoms with E-state index in [9.17, 15) is 0 Å². The molecule has 1 aromatic carbocycles. The molecule has 2 N–H and O–H groups in total. The summed E-state index contributed by atoms with van der Waals surface area (Å²) >= 11 is 1.79. The number of aryl methyl sites for hydroxylation is 1. The Hall–Kier alpha value is -1.20. The first kappa shape index (κ1) is 19.8. The van der Waals surface area contributed by atoms with E-state index >= 15 is 0 Å². The number of hydrogen-bond donors (Lipinski definition) is 2. The largest absolute Gasteiger partial charge is 0.356 e. The molecule has 130 valence electrons. The zero-order valence-electron chi connectivity index (χ0n) is 15.3. The highest BCUT2D eigenvalue weighted by atomic mass is 32.2. The average Bonchev–Trinajstić information content (AvgIpc) is 2.58. The molecule has 0 atom stereocenters. The van der Waals surface area contributed by atoms with Crippen LogP contribution in [0.4, 0.5) is 0 Å². The predicted molar refractivity (Wildman–Crippen MR) is 104 cm³/mol. The van der Waals surface area contributed by atoms with Gasteiger partial charge in [-0.2, -0.15) is 0 Å². The lowest BCUT2D eigenvalue weighted by molar-refractivity contribution is 0.300. The maximum Gasteiger partial charge on any atom is 0.191 e. The second-order valence-corrected chi connectivity index (χ2v) is 6.40. The van der Waals surface area contributed by atoms with Crippen molar-refractivity contribution in [2.75, 3.05) is 39.5 Å². The van der Waals surface area contributed by atoms with E-state index < -0.39 is 0 Å². The summed E-state index contributed by atoms with van der Waals surface area (Å²) in [6.07, 6.45) is 3.25. The third kappa shape index (κ3) is 7.27. The number of hydrogen-bond acceptors (Lipinski definition) is 3. The Balaban J connectivity index is 2.40. The maximum atomic E-state index is 4.31. The second-order valence-electron chi connectivity index (χ2n) is 5.55. The summed E-state index contributed by atoms with van der Waals surface area (Å²) in [5.41, 5.74) is 2.62. The smallest absolute Gasteiger partial charge is 0.191 e. The molecule has 0 aliphatic rings. The molecule has 0 aliphatic heterocycles. The highest BCUT2D eigenvalue weighted by Gasteiger charge is 2.04. The molecule has 0 unspecified atom stereocenters. The predicted octanol–water partition coefficient (Wildman–Crippen LogP) is 3.11. The lowest BCUT2D eigenvalue weighted by Crippen LogP contribution is -2.38. The third-order valence-corrected chi connectivity index (χ3v) is 4.77. The summed E-state index contributed by atoms with van der Waals surface area (Å²) in [6, 6.07) is 6.60. The van der Waals surface area contributed by atoms with Crippen molar-refractivity contribution >= 4 is 17.7 Å². The van der Waals surface area contributed by atoms with Gasteiger partial charge in [0, 0.05) is 25.0 Å². The molecule has 0 bridgehead atoms. The highest BCUT2D eigenvalue weighted by molar-refractivity contribution is 7.98. The fourth-order valence-electron chi connectivity index (χ4n) is 2.45. The third-order valence-electron chi connectivity index (χ3n) is 3.95. The van der Waals surface area contributed by atoms with Gasteiger partial charge < -0.3 is 15.5 Å². The minimum absolute atomic E-state index is 0.798. The van der Waals surface area contributed by atoms with E-state index in [1.807, 2.05) is 7.05 Å². The minimum Gasteiger partial charge on any atom is -0.356 e. The van der Waals surface area contributed by atoms with Crippen LogP contribution in [0.2, 0.25) is 0 Å². The molecule has 4 nitrogen and oxygen atoms in total. The first-order valence-electron chi connectivity index (χ1n) is 8.44. The fourth-order valence-corrected chi connectivity index (χ4v) is 3.15. The Labute approximate surface area is 146 Å². The first-order valence-corrected chi connectivity index (χ1v) is 9.67. The lowest BCUT2D eigenvalue weighted by Gasteiger charge is -2.18. The van der Waals surface area contributed by atoms with Crippen LogP contribution in [0.1, 0.15) is 31.4 Å². The van der Waals surface area contributed by atoms with Crippen molar-refractivity contribution in [1.29, 1.82) is 0 Å². The summed E-state index contributed by atoms with van der Waals surface area (Å²) in [4.78, 5) is 8.07. The van der Waals surface area contributed by atoms with Crippen LogP contribution in [-0.2, 0) is 6.54 Å². The molecule has 0 fully saturated rings. The van der Waals surface area contributed by atoms with Crippen LogP contribution in [0.25, 0.3) is 0 Å². The summed E-state index contributed by atoms with van der Waals surface area (Å²) in [6.45, 7) is 11.7. The normalized spacial score (nSPS) is 11.8.